The molecule has 144 valence electrons. The van der Waals surface area contributed by atoms with Crippen LogP contribution in [-0.2, 0) is 16.1 Å². The number of nitrogens with zero attached hydrogens (tertiary/aromatic N) is 2. The van der Waals surface area contributed by atoms with Gasteiger partial charge in [0.05, 0.1) is 6.04 Å². The third-order valence-electron chi connectivity index (χ3n) is 4.88. The van der Waals surface area contributed by atoms with Crippen LogP contribution in [0.5, 0.6) is 0 Å². The number of benzene rings is 1. The zero-order valence-corrected chi connectivity index (χ0v) is 16.1. The van der Waals surface area contributed by atoms with E-state index in [0.717, 1.165) is 24.9 Å². The lowest BCUT2D eigenvalue weighted by molar-refractivity contribution is -0.135. The molecule has 0 saturated carbocycles. The molecule has 0 unspecified atom stereocenters. The average molecular weight is 361 g/mol. The molecule has 0 bridgehead atoms. The number of ether oxygens (including phenoxy) is 1. The topological polar surface area (TPSA) is 75.9 Å². The summed E-state index contributed by atoms with van der Waals surface area (Å²) in [7, 11) is 1.74. The Morgan fingerprint density at radius 3 is 2.65 bits per heavy atom. The zero-order valence-electron chi connectivity index (χ0n) is 16.1. The largest absolute Gasteiger partial charge is 0.445 e. The van der Waals surface area contributed by atoms with E-state index in [1.165, 1.54) is 0 Å². The minimum Gasteiger partial charge on any atom is -0.445 e. The molecule has 6 heteroatoms. The van der Waals surface area contributed by atoms with E-state index in [0.29, 0.717) is 13.1 Å². The van der Waals surface area contributed by atoms with Crippen molar-refractivity contribution in [2.45, 2.75) is 39.3 Å². The highest BCUT2D eigenvalue weighted by atomic mass is 16.6. The molecular weight excluding hydrogens is 330 g/mol. The van der Waals surface area contributed by atoms with Crippen LogP contribution < -0.4 is 5.73 Å². The molecule has 1 aliphatic heterocycles. The summed E-state index contributed by atoms with van der Waals surface area (Å²) in [4.78, 5) is 28.1. The maximum absolute atomic E-state index is 12.5. The van der Waals surface area contributed by atoms with Gasteiger partial charge in [0, 0.05) is 26.7 Å². The van der Waals surface area contributed by atoms with Crippen molar-refractivity contribution in [3.8, 4) is 0 Å². The molecule has 1 heterocycles. The number of hydrogen-bond donors (Lipinski definition) is 1. The Hall–Kier alpha value is -2.08. The first-order valence-electron chi connectivity index (χ1n) is 9.34. The van der Waals surface area contributed by atoms with Gasteiger partial charge in [0.15, 0.2) is 0 Å². The van der Waals surface area contributed by atoms with Crippen LogP contribution in [0.3, 0.4) is 0 Å². The molecule has 1 aromatic rings. The highest BCUT2D eigenvalue weighted by molar-refractivity contribution is 5.82. The molecule has 1 aromatic carbocycles. The summed E-state index contributed by atoms with van der Waals surface area (Å²) >= 11 is 0. The van der Waals surface area contributed by atoms with E-state index in [1.54, 1.807) is 11.9 Å². The quantitative estimate of drug-likeness (QED) is 0.844. The van der Waals surface area contributed by atoms with Crippen LogP contribution in [0.2, 0.25) is 0 Å². The van der Waals surface area contributed by atoms with Crippen molar-refractivity contribution in [1.29, 1.82) is 0 Å². The minimum absolute atomic E-state index is 0.0130. The molecule has 2 N–H and O–H groups in total. The number of carbonyl (C=O) groups excluding carboxylic acids is 2. The summed E-state index contributed by atoms with van der Waals surface area (Å²) in [5, 5.41) is 0. The molecular formula is C20H31N3O3. The van der Waals surface area contributed by atoms with Gasteiger partial charge in [-0.05, 0) is 30.2 Å². The van der Waals surface area contributed by atoms with Crippen molar-refractivity contribution < 1.29 is 14.3 Å². The van der Waals surface area contributed by atoms with E-state index in [4.69, 9.17) is 10.5 Å². The molecule has 2 rings (SSSR count). The first kappa shape index (κ1) is 20.2. The van der Waals surface area contributed by atoms with Crippen LogP contribution in [0.4, 0.5) is 4.79 Å². The van der Waals surface area contributed by atoms with Gasteiger partial charge < -0.3 is 20.3 Å². The fourth-order valence-corrected chi connectivity index (χ4v) is 3.20. The summed E-state index contributed by atoms with van der Waals surface area (Å²) in [6.07, 6.45) is 1.60. The lowest BCUT2D eigenvalue weighted by atomic mass is 9.95. The van der Waals surface area contributed by atoms with Crippen molar-refractivity contribution in [3.05, 3.63) is 35.9 Å². The first-order chi connectivity index (χ1) is 12.4. The molecule has 0 aliphatic carbocycles. The van der Waals surface area contributed by atoms with E-state index >= 15 is 0 Å². The highest BCUT2D eigenvalue weighted by Crippen LogP contribution is 2.19. The van der Waals surface area contributed by atoms with Gasteiger partial charge in [0.25, 0.3) is 0 Å². The van der Waals surface area contributed by atoms with E-state index in [2.05, 4.69) is 0 Å². The van der Waals surface area contributed by atoms with Gasteiger partial charge in [0.1, 0.15) is 6.61 Å². The zero-order chi connectivity index (χ0) is 19.1. The van der Waals surface area contributed by atoms with Crippen LogP contribution in [0.25, 0.3) is 0 Å². The SMILES string of the molecule is CC(C)[C@H](N)C(=O)N1CCC[C@@H](CN(C)C(=O)OCc2ccccc2)C1. The summed E-state index contributed by atoms with van der Waals surface area (Å²) in [5.41, 5.74) is 6.97. The number of amides is 2. The minimum atomic E-state index is -0.456. The molecule has 6 nitrogen and oxygen atoms in total. The molecule has 2 amide bonds. The van der Waals surface area contributed by atoms with Crippen molar-refractivity contribution in [2.24, 2.45) is 17.6 Å². The normalized spacial score (nSPS) is 18.5. The number of hydrogen-bond acceptors (Lipinski definition) is 4. The van der Waals surface area contributed by atoms with Crippen LogP contribution in [0.15, 0.2) is 30.3 Å². The Balaban J connectivity index is 1.81. The maximum Gasteiger partial charge on any atom is 0.409 e. The Bertz CT molecular complexity index is 591. The molecule has 1 aliphatic rings. The van der Waals surface area contributed by atoms with E-state index in [1.807, 2.05) is 49.1 Å². The predicted octanol–water partition coefficient (Wildman–Crippen LogP) is 2.48. The molecule has 2 atom stereocenters. The molecule has 1 fully saturated rings. The van der Waals surface area contributed by atoms with E-state index in [9.17, 15) is 9.59 Å². The van der Waals surface area contributed by atoms with Crippen molar-refractivity contribution in [3.63, 3.8) is 0 Å². The number of carbonyl (C=O) groups is 2. The number of piperidine rings is 1. The smallest absolute Gasteiger partial charge is 0.409 e. The van der Waals surface area contributed by atoms with Gasteiger partial charge in [-0.1, -0.05) is 44.2 Å². The Morgan fingerprint density at radius 2 is 2.00 bits per heavy atom. The van der Waals surface area contributed by atoms with Gasteiger partial charge in [-0.25, -0.2) is 4.79 Å². The number of likely N-dealkylation sites (tertiary alicyclic amines) is 1. The van der Waals surface area contributed by atoms with Gasteiger partial charge >= 0.3 is 6.09 Å². The molecule has 26 heavy (non-hydrogen) atoms. The molecule has 1 saturated heterocycles. The summed E-state index contributed by atoms with van der Waals surface area (Å²) < 4.78 is 5.36. The number of rotatable bonds is 6. The van der Waals surface area contributed by atoms with Crippen LogP contribution in [-0.4, -0.2) is 54.5 Å². The third kappa shape index (κ3) is 5.73. The molecule has 0 spiro atoms. The summed E-state index contributed by atoms with van der Waals surface area (Å²) in [6.45, 7) is 6.16. The predicted molar refractivity (Wildman–Crippen MR) is 101 cm³/mol. The average Bonchev–Trinajstić information content (AvgIpc) is 2.65. The van der Waals surface area contributed by atoms with Crippen molar-refractivity contribution in [1.82, 2.24) is 9.80 Å². The van der Waals surface area contributed by atoms with E-state index < -0.39 is 6.04 Å². The van der Waals surface area contributed by atoms with Gasteiger partial charge in [-0.15, -0.1) is 0 Å². The maximum atomic E-state index is 12.5. The van der Waals surface area contributed by atoms with Crippen molar-refractivity contribution in [2.75, 3.05) is 26.7 Å². The Morgan fingerprint density at radius 1 is 1.31 bits per heavy atom. The summed E-state index contributed by atoms with van der Waals surface area (Å²) in [6, 6.07) is 9.16. The van der Waals surface area contributed by atoms with Crippen LogP contribution in [0, 0.1) is 11.8 Å². The number of nitrogens with two attached hydrogens (primary N) is 1. The second-order valence-corrected chi connectivity index (χ2v) is 7.48. The lowest BCUT2D eigenvalue weighted by Gasteiger charge is -2.36. The monoisotopic (exact) mass is 361 g/mol. The highest BCUT2D eigenvalue weighted by Gasteiger charge is 2.29. The van der Waals surface area contributed by atoms with E-state index in [-0.39, 0.29) is 30.4 Å². The second kappa shape index (κ2) is 9.57. The van der Waals surface area contributed by atoms with Crippen LogP contribution in [0.1, 0.15) is 32.3 Å². The molecule has 0 radical (unpaired) electrons. The lowest BCUT2D eigenvalue weighted by Crippen LogP contribution is -2.51. The molecule has 0 aromatic heterocycles. The fourth-order valence-electron chi connectivity index (χ4n) is 3.20. The summed E-state index contributed by atoms with van der Waals surface area (Å²) in [5.74, 6) is 0.388. The van der Waals surface area contributed by atoms with Gasteiger partial charge in [0.2, 0.25) is 5.91 Å². The third-order valence-corrected chi connectivity index (χ3v) is 4.88. The Kier molecular flexibility index (Phi) is 7.45. The van der Waals surface area contributed by atoms with Crippen LogP contribution >= 0.6 is 0 Å². The first-order valence-corrected chi connectivity index (χ1v) is 9.34. The van der Waals surface area contributed by atoms with Gasteiger partial charge in [-0.2, -0.15) is 0 Å². The fraction of sp³-hybridized carbons (Fsp3) is 0.600. The van der Waals surface area contributed by atoms with Crippen molar-refractivity contribution >= 4 is 12.0 Å². The Labute approximate surface area is 156 Å². The standard InChI is InChI=1S/C20H31N3O3/c1-15(2)18(21)19(24)23-11-7-10-17(13-23)12-22(3)20(25)26-14-16-8-5-4-6-9-16/h4-6,8-9,15,17-18H,7,10-14,21H2,1-3H3/t17-,18-/m0/s1. The second-order valence-electron chi connectivity index (χ2n) is 7.48. The van der Waals surface area contributed by atoms with Gasteiger partial charge in [-0.3, -0.25) is 4.79 Å².